The summed E-state index contributed by atoms with van der Waals surface area (Å²) in [5, 5.41) is 16.8. The Morgan fingerprint density at radius 3 is 1.37 bits per heavy atom. The van der Waals surface area contributed by atoms with E-state index in [0.717, 1.165) is 122 Å². The maximum atomic E-state index is 14.8. The normalized spacial score (nSPS) is 20.3. The Morgan fingerprint density at radius 1 is 0.500 bits per heavy atom. The number of aromatic nitrogens is 6. The molecule has 8 aliphatic heterocycles. The van der Waals surface area contributed by atoms with Crippen molar-refractivity contribution in [2.45, 2.75) is 147 Å². The third-order valence-corrected chi connectivity index (χ3v) is 27.2. The SMILES string of the molecule is C=C(F)C(=O)N1CCN(c2nc(OCC3CCCC3)nc3c2CCN(c2cccc4cccc(C)c24)C3)C[C@@H]1CC#N.S.S.S.S.S.S.[C-]#[N+]C[C@H]1CN(c2nc(OC[C@@H]3CC(C)(F)CN3C)nc3c2CCN(c2cccc4cccc(C)c24)C3)CCN1C(=O)/C=C/CF.[C-]#[N+]C[C@H]1CN(c2nc(OC[C@@H]3CCCN3C)nc3c2CCN(c2cccc4ccccc24)C3)CCN1C(=O)C(=C)F. The van der Waals surface area contributed by atoms with Crippen LogP contribution in [0, 0.1) is 44.2 Å². The minimum atomic E-state index is -1.27. The first-order valence-electron chi connectivity index (χ1n) is 45.5. The molecule has 0 radical (unpaired) electrons. The Labute approximate surface area is 837 Å². The van der Waals surface area contributed by atoms with Crippen molar-refractivity contribution in [3.05, 3.63) is 220 Å². The number of ether oxygens (including phenoxy) is 3. The number of hydrogen-bond acceptors (Lipinski definition) is 21. The number of carbonyl (C=O) groups is 3. The monoisotopic (exact) mass is 1970 g/mol. The van der Waals surface area contributed by atoms with Crippen LogP contribution in [0.25, 0.3) is 42.0 Å². The molecule has 0 bridgehead atoms. The Kier molecular flexibility index (Phi) is 38.4. The molecule has 1 unspecified atom stereocenters. The van der Waals surface area contributed by atoms with Gasteiger partial charge < -0.3 is 72.9 Å². The standard InChI is InChI=1S/C35H41F2N7O2.C33H37FN6O2.C32H36FN7O2.6H2S/c1-24-8-5-9-25-10-6-11-30(32(24)25)42-15-13-28-29(21-42)39-34(46-22-26-18-35(2,37)23-41(26)4)40-33(28)43-16-17-44(27(20-43)19-38-3)31(45)12-7-14-36;1-22-7-5-10-25-11-6-12-29(30(22)25)38-16-14-27-28(20-38)36-33(42-21-24-8-3-4-9-24)37-31(27)39-17-18-40(32(41)23(2)34)26(19-39)13-15-35;1-22(33)31(41)40-17-16-39(19-25(40)18-34-2)30-27-13-15-38(29-12-6-9-23-8-4-5-11-26(23)29)20-28(27)35-32(36-30)42-21-24-10-7-14-37(24)3;;;;;;/h5-12,26-27H,13-23H2,1-2,4H3;5-7,10-12,24,26H,2-4,8-9,13-14,16-21H2,1H3;4-6,8-9,11-12,24-25H,1,7,10,13-21H2,3H3;6*1H2/b12-7+;;;;;;;;/t26-,27-,35?;26-;24-,25-;;;;;;/m000....../s1. The lowest BCUT2D eigenvalue weighted by molar-refractivity contribution is -0.131. The van der Waals surface area contributed by atoms with Crippen molar-refractivity contribution >= 4 is 166 Å². The average Bonchev–Trinajstić information content (AvgIpc) is 0.887. The zero-order valence-electron chi connectivity index (χ0n) is 77.9. The quantitative estimate of drug-likeness (QED) is 0.0349. The van der Waals surface area contributed by atoms with Crippen molar-refractivity contribution in [3.63, 3.8) is 0 Å². The fourth-order valence-corrected chi connectivity index (χ4v) is 20.6. The molecule has 6 fully saturated rings. The molecule has 726 valence electrons. The molecule has 1 saturated carbocycles. The van der Waals surface area contributed by atoms with Crippen molar-refractivity contribution in [3.8, 4) is 24.1 Å². The minimum absolute atomic E-state index is 0. The van der Waals surface area contributed by atoms with Gasteiger partial charge in [-0.3, -0.25) is 19.3 Å². The number of likely N-dealkylation sites (tertiary alicyclic amines) is 2. The predicted octanol–water partition coefficient (Wildman–Crippen LogP) is 15.0. The van der Waals surface area contributed by atoms with E-state index < -0.39 is 47.9 Å². The number of carbonyl (C=O) groups excluding carboxylic acids is 3. The number of piperazine rings is 3. The number of allylic oxidation sites excluding steroid dienone is 1. The second kappa shape index (κ2) is 48.6. The fourth-order valence-electron chi connectivity index (χ4n) is 20.6. The number of nitriles is 1. The lowest BCUT2D eigenvalue weighted by Crippen LogP contribution is -2.57. The number of benzene rings is 6. The molecule has 9 aliphatic rings. The summed E-state index contributed by atoms with van der Waals surface area (Å²) in [5.41, 5.74) is 10.6. The van der Waals surface area contributed by atoms with Gasteiger partial charge in [-0.1, -0.05) is 123 Å². The molecule has 0 N–H and O–H groups in total. The summed E-state index contributed by atoms with van der Waals surface area (Å²) in [6.07, 6.45) is 12.2. The van der Waals surface area contributed by atoms with Crippen LogP contribution >= 0.6 is 81.0 Å². The minimum Gasteiger partial charge on any atom is -0.463 e. The van der Waals surface area contributed by atoms with Crippen molar-refractivity contribution in [1.82, 2.24) is 54.4 Å². The molecule has 6 atom stereocenters. The highest BCUT2D eigenvalue weighted by Crippen LogP contribution is 2.42. The van der Waals surface area contributed by atoms with Gasteiger partial charge in [0.1, 0.15) is 55.1 Å². The number of amides is 3. The number of fused-ring (bicyclic) bond motifs is 6. The summed E-state index contributed by atoms with van der Waals surface area (Å²) in [7, 11) is 4.02. The summed E-state index contributed by atoms with van der Waals surface area (Å²) in [5.74, 6) is -0.934. The third-order valence-electron chi connectivity index (χ3n) is 27.2. The van der Waals surface area contributed by atoms with Crippen molar-refractivity contribution in [2.75, 3.05) is 175 Å². The second-order valence-electron chi connectivity index (χ2n) is 36.0. The van der Waals surface area contributed by atoms with Gasteiger partial charge in [-0.15, -0.1) is 0 Å². The van der Waals surface area contributed by atoms with Gasteiger partial charge in [0, 0.05) is 160 Å². The summed E-state index contributed by atoms with van der Waals surface area (Å²) in [4.78, 5) is 96.8. The molecular weight excluding hydrogens is 1850 g/mol. The Bertz CT molecular complexity index is 5890. The zero-order valence-corrected chi connectivity index (χ0v) is 83.9. The van der Waals surface area contributed by atoms with E-state index in [1.165, 1.54) is 89.6 Å². The lowest BCUT2D eigenvalue weighted by Gasteiger charge is -2.42. The van der Waals surface area contributed by atoms with E-state index in [9.17, 15) is 37.2 Å². The van der Waals surface area contributed by atoms with E-state index in [4.69, 9.17) is 57.3 Å². The zero-order chi connectivity index (χ0) is 90.9. The smallest absolute Gasteiger partial charge is 0.318 e. The molecule has 5 saturated heterocycles. The molecule has 136 heavy (non-hydrogen) atoms. The molecule has 36 heteroatoms. The van der Waals surface area contributed by atoms with E-state index in [0.29, 0.717) is 122 Å². The van der Waals surface area contributed by atoms with Gasteiger partial charge in [0.2, 0.25) is 19.0 Å². The number of nitrogens with zero attached hydrogens (tertiary/aromatic N) is 20. The Hall–Kier alpha value is -10.6. The molecule has 9 aromatic rings. The van der Waals surface area contributed by atoms with E-state index in [1.807, 2.05) is 11.9 Å². The van der Waals surface area contributed by atoms with Crippen LogP contribution in [0.4, 0.5) is 52.1 Å². The molecule has 3 amide bonds. The molecule has 3 aromatic heterocycles. The summed E-state index contributed by atoms with van der Waals surface area (Å²) in [6.45, 7) is 37.3. The fraction of sp³-hybridized carbons (Fsp3) is 0.460. The highest BCUT2D eigenvalue weighted by atomic mass is 32.1. The van der Waals surface area contributed by atoms with Gasteiger partial charge in [-0.05, 0) is 144 Å². The maximum Gasteiger partial charge on any atom is 0.318 e. The lowest BCUT2D eigenvalue weighted by atomic mass is 9.99. The highest BCUT2D eigenvalue weighted by molar-refractivity contribution is 7.60. The summed E-state index contributed by atoms with van der Waals surface area (Å²) < 4.78 is 73.8. The van der Waals surface area contributed by atoms with E-state index in [-0.39, 0.29) is 144 Å². The van der Waals surface area contributed by atoms with Gasteiger partial charge in [-0.25, -0.2) is 30.7 Å². The number of hydrogen-bond donors (Lipinski definition) is 0. The van der Waals surface area contributed by atoms with Gasteiger partial charge in [0.05, 0.1) is 61.9 Å². The molecule has 11 heterocycles. The van der Waals surface area contributed by atoms with Crippen LogP contribution < -0.4 is 43.6 Å². The van der Waals surface area contributed by atoms with E-state index >= 15 is 0 Å². The van der Waals surface area contributed by atoms with Crippen LogP contribution in [0.1, 0.15) is 103 Å². The first-order chi connectivity index (χ1) is 63.0. The highest BCUT2D eigenvalue weighted by Gasteiger charge is 2.43. The maximum absolute atomic E-state index is 14.8. The van der Waals surface area contributed by atoms with Crippen molar-refractivity contribution < 1.29 is 46.2 Å². The van der Waals surface area contributed by atoms with E-state index in [2.05, 4.69) is 199 Å². The Balaban J connectivity index is 0.000000207. The number of aryl methyl sites for hydroxylation is 2. The van der Waals surface area contributed by atoms with Crippen LogP contribution in [-0.2, 0) is 53.3 Å². The van der Waals surface area contributed by atoms with Gasteiger partial charge in [-0.2, -0.15) is 116 Å². The molecule has 0 spiro atoms. The molecule has 26 nitrogen and oxygen atoms in total. The number of likely N-dealkylation sites (N-methyl/N-ethyl adjacent to an activating group) is 2. The number of halogens is 4. The predicted molar refractivity (Wildman–Crippen MR) is 561 cm³/mol. The van der Waals surface area contributed by atoms with Crippen LogP contribution in [-0.4, -0.2) is 253 Å². The molecular formula is C100H126F4N20O6S6. The average molecular weight is 1970 g/mol. The first kappa shape index (κ1) is 107. The summed E-state index contributed by atoms with van der Waals surface area (Å²) in [6, 6.07) is 42.4. The van der Waals surface area contributed by atoms with E-state index in [1.54, 1.807) is 11.8 Å². The molecule has 18 rings (SSSR count). The number of alkyl halides is 2. The van der Waals surface area contributed by atoms with Crippen LogP contribution in [0.2, 0.25) is 0 Å². The molecule has 6 aromatic carbocycles. The second-order valence-corrected chi connectivity index (χ2v) is 36.0. The van der Waals surface area contributed by atoms with Crippen molar-refractivity contribution in [2.24, 2.45) is 5.92 Å². The van der Waals surface area contributed by atoms with Crippen LogP contribution in [0.5, 0.6) is 18.0 Å². The van der Waals surface area contributed by atoms with Crippen LogP contribution in [0.3, 0.4) is 0 Å². The van der Waals surface area contributed by atoms with Gasteiger partial charge >= 0.3 is 18.0 Å². The topological polar surface area (TPSA) is 224 Å². The number of rotatable bonds is 22. The van der Waals surface area contributed by atoms with Gasteiger partial charge in [0.15, 0.2) is 11.7 Å². The largest absolute Gasteiger partial charge is 0.463 e. The van der Waals surface area contributed by atoms with Crippen LogP contribution in [0.15, 0.2) is 152 Å². The van der Waals surface area contributed by atoms with Crippen molar-refractivity contribution in [1.29, 1.82) is 5.26 Å². The molecule has 1 aliphatic carbocycles. The third kappa shape index (κ3) is 24.4. The summed E-state index contributed by atoms with van der Waals surface area (Å²) >= 11 is 0. The first-order valence-corrected chi connectivity index (χ1v) is 45.5. The number of anilines is 6. The Morgan fingerprint density at radius 2 is 0.919 bits per heavy atom. The van der Waals surface area contributed by atoms with Gasteiger partial charge in [0.25, 0.3) is 11.8 Å².